The first-order valence-corrected chi connectivity index (χ1v) is 8.40. The molecule has 6 nitrogen and oxygen atoms in total. The monoisotopic (exact) mass is 364 g/mol. The topological polar surface area (TPSA) is 69.3 Å². The molecule has 132 valence electrons. The van der Waals surface area contributed by atoms with E-state index in [9.17, 15) is 14.0 Å². The smallest absolute Gasteiger partial charge is 0.285 e. The fourth-order valence-electron chi connectivity index (χ4n) is 2.96. The number of benzene rings is 1. The lowest BCUT2D eigenvalue weighted by molar-refractivity contribution is -0.131. The normalized spacial score (nSPS) is 14.9. The van der Waals surface area contributed by atoms with Gasteiger partial charge in [-0.15, -0.1) is 0 Å². The number of carbonyl (C=O) groups excluding carboxylic acids is 1. The number of rotatable bonds is 4. The molecule has 1 aliphatic heterocycles. The zero-order chi connectivity index (χ0) is 18.0. The van der Waals surface area contributed by atoms with Gasteiger partial charge in [0.25, 0.3) is 5.56 Å². The van der Waals surface area contributed by atoms with Gasteiger partial charge in [-0.3, -0.25) is 9.59 Å². The van der Waals surface area contributed by atoms with E-state index in [-0.39, 0.29) is 23.3 Å². The van der Waals surface area contributed by atoms with Gasteiger partial charge in [-0.1, -0.05) is 24.6 Å². The van der Waals surface area contributed by atoms with Crippen LogP contribution in [0.3, 0.4) is 0 Å². The van der Waals surface area contributed by atoms with E-state index in [1.54, 1.807) is 15.9 Å². The lowest BCUT2D eigenvalue weighted by Gasteiger charge is -2.36. The summed E-state index contributed by atoms with van der Waals surface area (Å²) < 4.78 is 13.4. The number of anilines is 1. The van der Waals surface area contributed by atoms with Crippen LogP contribution in [0.2, 0.25) is 5.02 Å². The van der Waals surface area contributed by atoms with Crippen molar-refractivity contribution in [2.75, 3.05) is 24.5 Å². The highest BCUT2D eigenvalue weighted by Crippen LogP contribution is 2.23. The Balaban J connectivity index is 1.73. The molecule has 0 radical (unpaired) electrons. The molecule has 1 fully saturated rings. The second-order valence-electron chi connectivity index (χ2n) is 5.90. The van der Waals surface area contributed by atoms with Crippen molar-refractivity contribution in [2.24, 2.45) is 0 Å². The van der Waals surface area contributed by atoms with Crippen molar-refractivity contribution in [2.45, 2.75) is 19.9 Å². The highest BCUT2D eigenvalue weighted by Gasteiger charge is 2.26. The van der Waals surface area contributed by atoms with E-state index in [1.807, 2.05) is 6.92 Å². The molecular weight excluding hydrogens is 347 g/mol. The Bertz CT molecular complexity index is 855. The number of H-pyrrole nitrogens is 1. The van der Waals surface area contributed by atoms with Gasteiger partial charge in [-0.25, -0.2) is 9.49 Å². The third-order valence-electron chi connectivity index (χ3n) is 4.35. The average Bonchev–Trinajstić information content (AvgIpc) is 2.60. The zero-order valence-electron chi connectivity index (χ0n) is 13.8. The lowest BCUT2D eigenvalue weighted by Crippen LogP contribution is -2.50. The second kappa shape index (κ2) is 7.23. The Hall–Kier alpha value is -2.41. The molecule has 0 bridgehead atoms. The predicted octanol–water partition coefficient (Wildman–Crippen LogP) is 1.97. The summed E-state index contributed by atoms with van der Waals surface area (Å²) >= 11 is 6.01. The number of halogens is 2. The van der Waals surface area contributed by atoms with Crippen LogP contribution < -0.4 is 10.5 Å². The summed E-state index contributed by atoms with van der Waals surface area (Å²) in [6.45, 7) is 3.55. The van der Waals surface area contributed by atoms with Crippen LogP contribution in [0, 0.1) is 5.82 Å². The van der Waals surface area contributed by atoms with Crippen molar-refractivity contribution in [1.29, 1.82) is 0 Å². The summed E-state index contributed by atoms with van der Waals surface area (Å²) in [6.07, 6.45) is 2.15. The number of amides is 1. The molecule has 1 N–H and O–H groups in total. The molecule has 3 rings (SSSR count). The van der Waals surface area contributed by atoms with Gasteiger partial charge < -0.3 is 9.80 Å². The Kier molecular flexibility index (Phi) is 5.03. The lowest BCUT2D eigenvalue weighted by atomic mass is 10.0. The van der Waals surface area contributed by atoms with Crippen molar-refractivity contribution in [3.8, 4) is 0 Å². The molecule has 2 heterocycles. The van der Waals surface area contributed by atoms with Crippen LogP contribution in [-0.2, 0) is 17.8 Å². The fraction of sp³-hybridized carbons (Fsp3) is 0.353. The van der Waals surface area contributed by atoms with Crippen LogP contribution in [0.5, 0.6) is 0 Å². The van der Waals surface area contributed by atoms with E-state index in [1.165, 1.54) is 18.3 Å². The highest BCUT2D eigenvalue weighted by atomic mass is 35.5. The Morgan fingerprint density at radius 3 is 2.80 bits per heavy atom. The van der Waals surface area contributed by atoms with E-state index >= 15 is 0 Å². The van der Waals surface area contributed by atoms with Gasteiger partial charge in [0.2, 0.25) is 5.91 Å². The predicted molar refractivity (Wildman–Crippen MR) is 93.3 cm³/mol. The van der Waals surface area contributed by atoms with Gasteiger partial charge in [0, 0.05) is 19.6 Å². The largest absolute Gasteiger partial charge is 0.358 e. The number of aromatic amines is 1. The van der Waals surface area contributed by atoms with Gasteiger partial charge in [0.15, 0.2) is 0 Å². The second-order valence-corrected chi connectivity index (χ2v) is 6.28. The molecule has 1 aliphatic rings. The van der Waals surface area contributed by atoms with Gasteiger partial charge in [0.1, 0.15) is 10.8 Å². The van der Waals surface area contributed by atoms with Crippen LogP contribution in [-0.4, -0.2) is 40.6 Å². The SMILES string of the molecule is CCc1cc(F)ccc1CN1CCN(c2cn[nH]c(=O)c2Cl)CC1=O. The Labute approximate surface area is 149 Å². The van der Waals surface area contributed by atoms with Gasteiger partial charge in [0.05, 0.1) is 18.4 Å². The standard InChI is InChI=1S/C17H18ClFN4O2/c1-2-11-7-13(19)4-3-12(11)9-23-6-5-22(10-15(23)24)14-8-20-21-17(25)16(14)18/h3-4,7-8H,2,5-6,9-10H2,1H3,(H,21,25). The van der Waals surface area contributed by atoms with E-state index in [0.717, 1.165) is 11.1 Å². The molecule has 1 aromatic heterocycles. The third-order valence-corrected chi connectivity index (χ3v) is 4.71. The molecule has 1 aromatic carbocycles. The Morgan fingerprint density at radius 1 is 1.28 bits per heavy atom. The minimum Gasteiger partial charge on any atom is -0.358 e. The summed E-state index contributed by atoms with van der Waals surface area (Å²) in [5, 5.41) is 6.03. The molecule has 0 aliphatic carbocycles. The number of piperazine rings is 1. The number of nitrogens with one attached hydrogen (secondary N) is 1. The molecule has 1 saturated heterocycles. The van der Waals surface area contributed by atoms with Crippen LogP contribution in [0.15, 0.2) is 29.2 Å². The first kappa shape index (κ1) is 17.4. The molecule has 1 amide bonds. The van der Waals surface area contributed by atoms with E-state index in [0.29, 0.717) is 31.7 Å². The van der Waals surface area contributed by atoms with Crippen molar-refractivity contribution in [3.63, 3.8) is 0 Å². The van der Waals surface area contributed by atoms with E-state index < -0.39 is 5.56 Å². The number of hydrogen-bond acceptors (Lipinski definition) is 4. The van der Waals surface area contributed by atoms with E-state index in [4.69, 9.17) is 11.6 Å². The van der Waals surface area contributed by atoms with E-state index in [2.05, 4.69) is 10.2 Å². The zero-order valence-corrected chi connectivity index (χ0v) is 14.5. The quantitative estimate of drug-likeness (QED) is 0.900. The molecule has 0 atom stereocenters. The molecule has 0 saturated carbocycles. The maximum Gasteiger partial charge on any atom is 0.285 e. The van der Waals surface area contributed by atoms with Crippen LogP contribution in [0.4, 0.5) is 10.1 Å². The number of aryl methyl sites for hydroxylation is 1. The summed E-state index contributed by atoms with van der Waals surface area (Å²) in [4.78, 5) is 27.5. The maximum absolute atomic E-state index is 13.4. The number of aromatic nitrogens is 2. The maximum atomic E-state index is 13.4. The first-order chi connectivity index (χ1) is 12.0. The average molecular weight is 365 g/mol. The molecular formula is C17H18ClFN4O2. The van der Waals surface area contributed by atoms with Crippen molar-refractivity contribution >= 4 is 23.2 Å². The Morgan fingerprint density at radius 2 is 2.08 bits per heavy atom. The number of nitrogens with zero attached hydrogens (tertiary/aromatic N) is 3. The highest BCUT2D eigenvalue weighted by molar-refractivity contribution is 6.33. The third kappa shape index (κ3) is 3.66. The first-order valence-electron chi connectivity index (χ1n) is 8.02. The molecule has 0 spiro atoms. The number of carbonyl (C=O) groups is 1. The molecule has 25 heavy (non-hydrogen) atoms. The van der Waals surface area contributed by atoms with Gasteiger partial charge in [-0.05, 0) is 29.7 Å². The van der Waals surface area contributed by atoms with Crippen LogP contribution in [0.25, 0.3) is 0 Å². The van der Waals surface area contributed by atoms with Crippen LogP contribution in [0.1, 0.15) is 18.1 Å². The van der Waals surface area contributed by atoms with Crippen molar-refractivity contribution in [1.82, 2.24) is 15.1 Å². The summed E-state index contributed by atoms with van der Waals surface area (Å²) in [7, 11) is 0. The van der Waals surface area contributed by atoms with Crippen LogP contribution >= 0.6 is 11.6 Å². The molecule has 2 aromatic rings. The van der Waals surface area contributed by atoms with Gasteiger partial charge in [-0.2, -0.15) is 5.10 Å². The fourth-order valence-corrected chi connectivity index (χ4v) is 3.17. The van der Waals surface area contributed by atoms with Gasteiger partial charge >= 0.3 is 0 Å². The number of hydrogen-bond donors (Lipinski definition) is 1. The summed E-state index contributed by atoms with van der Waals surface area (Å²) in [5.41, 5.74) is 1.82. The minimum absolute atomic E-state index is 0.0306. The summed E-state index contributed by atoms with van der Waals surface area (Å²) in [5.74, 6) is -0.345. The van der Waals surface area contributed by atoms with Crippen molar-refractivity contribution in [3.05, 3.63) is 56.7 Å². The summed E-state index contributed by atoms with van der Waals surface area (Å²) in [6, 6.07) is 4.65. The van der Waals surface area contributed by atoms with Crippen molar-refractivity contribution < 1.29 is 9.18 Å². The minimum atomic E-state index is -0.479. The molecule has 8 heteroatoms. The molecule has 0 unspecified atom stereocenters.